The number of hydrogen-bond acceptors (Lipinski definition) is 4. The normalized spacial score (nSPS) is 10.8. The second-order valence-electron chi connectivity index (χ2n) is 4.28. The Morgan fingerprint density at radius 2 is 2.05 bits per heavy atom. The van der Waals surface area contributed by atoms with E-state index in [1.54, 1.807) is 37.4 Å². The Labute approximate surface area is 108 Å². The molecule has 1 N–H and O–H groups in total. The van der Waals surface area contributed by atoms with E-state index < -0.39 is 0 Å². The van der Waals surface area contributed by atoms with Gasteiger partial charge in [0.2, 0.25) is 0 Å². The van der Waals surface area contributed by atoms with E-state index >= 15 is 0 Å². The van der Waals surface area contributed by atoms with Crippen LogP contribution in [0.3, 0.4) is 0 Å². The number of aromatic nitrogens is 3. The maximum absolute atomic E-state index is 12.0. The molecule has 2 heterocycles. The summed E-state index contributed by atoms with van der Waals surface area (Å²) in [4.78, 5) is 20.5. The third-order valence-corrected chi connectivity index (χ3v) is 2.91. The molecule has 0 spiro atoms. The zero-order valence-corrected chi connectivity index (χ0v) is 10.2. The first-order chi connectivity index (χ1) is 9.15. The van der Waals surface area contributed by atoms with E-state index in [9.17, 15) is 9.90 Å². The molecule has 0 aliphatic carbocycles. The highest BCUT2D eigenvalue weighted by atomic mass is 16.3. The molecule has 0 bridgehead atoms. The van der Waals surface area contributed by atoms with Gasteiger partial charge < -0.3 is 9.67 Å². The number of aryl methyl sites for hydroxylation is 1. The zero-order chi connectivity index (χ0) is 13.4. The number of phenolic OH excluding ortho intramolecular Hbond substituents is 1. The van der Waals surface area contributed by atoms with Crippen molar-refractivity contribution < 1.29 is 5.11 Å². The molecule has 0 amide bonds. The topological polar surface area (TPSA) is 68.0 Å². The Morgan fingerprint density at radius 3 is 2.84 bits per heavy atom. The summed E-state index contributed by atoms with van der Waals surface area (Å²) in [5.74, 6) is 0.165. The average molecular weight is 253 g/mol. The summed E-state index contributed by atoms with van der Waals surface area (Å²) in [5.41, 5.74) is 2.09. The lowest BCUT2D eigenvalue weighted by molar-refractivity contribution is 0.475. The fourth-order valence-corrected chi connectivity index (χ4v) is 1.91. The summed E-state index contributed by atoms with van der Waals surface area (Å²) >= 11 is 0. The quantitative estimate of drug-likeness (QED) is 0.716. The standard InChI is InChI=1S/C14H11N3O2/c1-17-8-15-12-6-5-11(16-13(12)14(17)19)9-3-2-4-10(18)7-9/h2-8,18H,1H3. The number of hydrogen-bond donors (Lipinski definition) is 1. The Morgan fingerprint density at radius 1 is 1.21 bits per heavy atom. The Balaban J connectivity index is 2.27. The van der Waals surface area contributed by atoms with E-state index in [4.69, 9.17) is 0 Å². The van der Waals surface area contributed by atoms with Gasteiger partial charge in [-0.15, -0.1) is 0 Å². The summed E-state index contributed by atoms with van der Waals surface area (Å²) < 4.78 is 1.39. The second kappa shape index (κ2) is 4.20. The predicted molar refractivity (Wildman–Crippen MR) is 71.9 cm³/mol. The molecule has 0 aliphatic rings. The van der Waals surface area contributed by atoms with Gasteiger partial charge in [-0.1, -0.05) is 12.1 Å². The molecule has 2 aromatic heterocycles. The van der Waals surface area contributed by atoms with Crippen molar-refractivity contribution in [1.29, 1.82) is 0 Å². The van der Waals surface area contributed by atoms with Crippen molar-refractivity contribution in [2.75, 3.05) is 0 Å². The SMILES string of the molecule is Cn1cnc2ccc(-c3cccc(O)c3)nc2c1=O. The minimum absolute atomic E-state index is 0.165. The van der Waals surface area contributed by atoms with Crippen LogP contribution in [0.2, 0.25) is 0 Å². The van der Waals surface area contributed by atoms with E-state index in [-0.39, 0.29) is 11.3 Å². The Bertz CT molecular complexity index is 824. The number of fused-ring (bicyclic) bond motifs is 1. The van der Waals surface area contributed by atoms with Crippen LogP contribution < -0.4 is 5.56 Å². The van der Waals surface area contributed by atoms with Gasteiger partial charge in [0.05, 0.1) is 17.5 Å². The number of rotatable bonds is 1. The summed E-state index contributed by atoms with van der Waals surface area (Å²) in [6.07, 6.45) is 1.47. The van der Waals surface area contributed by atoms with E-state index in [1.165, 1.54) is 10.9 Å². The molecule has 3 aromatic rings. The van der Waals surface area contributed by atoms with Crippen LogP contribution in [0.25, 0.3) is 22.3 Å². The summed E-state index contributed by atoms with van der Waals surface area (Å²) in [7, 11) is 1.64. The molecule has 3 rings (SSSR count). The highest BCUT2D eigenvalue weighted by Gasteiger charge is 2.06. The first-order valence-corrected chi connectivity index (χ1v) is 5.77. The van der Waals surface area contributed by atoms with Crippen LogP contribution >= 0.6 is 0 Å². The lowest BCUT2D eigenvalue weighted by atomic mass is 10.1. The molecule has 0 unspecified atom stereocenters. The van der Waals surface area contributed by atoms with E-state index in [2.05, 4.69) is 9.97 Å². The molecule has 0 saturated carbocycles. The molecule has 5 heteroatoms. The molecule has 0 fully saturated rings. The van der Waals surface area contributed by atoms with Gasteiger partial charge in [0.15, 0.2) is 5.52 Å². The molecular formula is C14H11N3O2. The number of phenols is 1. The van der Waals surface area contributed by atoms with Crippen molar-refractivity contribution in [3.05, 3.63) is 53.1 Å². The van der Waals surface area contributed by atoms with Crippen LogP contribution in [-0.2, 0) is 7.05 Å². The van der Waals surface area contributed by atoms with Gasteiger partial charge in [0, 0.05) is 12.6 Å². The van der Waals surface area contributed by atoms with Gasteiger partial charge in [-0.25, -0.2) is 9.97 Å². The average Bonchev–Trinajstić information content (AvgIpc) is 2.43. The first-order valence-electron chi connectivity index (χ1n) is 5.77. The summed E-state index contributed by atoms with van der Waals surface area (Å²) in [6.45, 7) is 0. The van der Waals surface area contributed by atoms with Crippen LogP contribution in [0.1, 0.15) is 0 Å². The van der Waals surface area contributed by atoms with Crippen LogP contribution in [-0.4, -0.2) is 19.6 Å². The lowest BCUT2D eigenvalue weighted by Gasteiger charge is -2.04. The van der Waals surface area contributed by atoms with Crippen molar-refractivity contribution in [3.63, 3.8) is 0 Å². The molecule has 94 valence electrons. The number of nitrogens with zero attached hydrogens (tertiary/aromatic N) is 3. The molecule has 0 aliphatic heterocycles. The molecular weight excluding hydrogens is 242 g/mol. The van der Waals surface area contributed by atoms with Crippen molar-refractivity contribution in [1.82, 2.24) is 14.5 Å². The number of aromatic hydroxyl groups is 1. The van der Waals surface area contributed by atoms with Crippen molar-refractivity contribution in [2.24, 2.45) is 7.05 Å². The van der Waals surface area contributed by atoms with Crippen LogP contribution in [0, 0.1) is 0 Å². The fourth-order valence-electron chi connectivity index (χ4n) is 1.91. The minimum atomic E-state index is -0.188. The third-order valence-electron chi connectivity index (χ3n) is 2.91. The van der Waals surface area contributed by atoms with E-state index in [0.717, 1.165) is 5.56 Å². The lowest BCUT2D eigenvalue weighted by Crippen LogP contribution is -2.18. The maximum atomic E-state index is 12.0. The van der Waals surface area contributed by atoms with Gasteiger partial charge >= 0.3 is 0 Å². The molecule has 19 heavy (non-hydrogen) atoms. The van der Waals surface area contributed by atoms with Gasteiger partial charge in [-0.2, -0.15) is 0 Å². The first kappa shape index (κ1) is 11.4. The predicted octanol–water partition coefficient (Wildman–Crippen LogP) is 1.70. The van der Waals surface area contributed by atoms with Gasteiger partial charge in [0.25, 0.3) is 5.56 Å². The van der Waals surface area contributed by atoms with Gasteiger partial charge in [-0.3, -0.25) is 4.79 Å². The molecule has 0 saturated heterocycles. The Kier molecular flexibility index (Phi) is 2.52. The molecule has 0 atom stereocenters. The summed E-state index contributed by atoms with van der Waals surface area (Å²) in [6, 6.07) is 10.3. The monoisotopic (exact) mass is 253 g/mol. The van der Waals surface area contributed by atoms with Gasteiger partial charge in [0.1, 0.15) is 5.75 Å². The largest absolute Gasteiger partial charge is 0.508 e. The smallest absolute Gasteiger partial charge is 0.279 e. The fraction of sp³-hybridized carbons (Fsp3) is 0.0714. The van der Waals surface area contributed by atoms with Crippen LogP contribution in [0.4, 0.5) is 0 Å². The highest BCUT2D eigenvalue weighted by Crippen LogP contribution is 2.22. The third kappa shape index (κ3) is 1.95. The van der Waals surface area contributed by atoms with Crippen molar-refractivity contribution in [2.45, 2.75) is 0 Å². The molecule has 0 radical (unpaired) electrons. The summed E-state index contributed by atoms with van der Waals surface area (Å²) in [5, 5.41) is 9.48. The van der Waals surface area contributed by atoms with E-state index in [1.807, 2.05) is 6.07 Å². The van der Waals surface area contributed by atoms with Crippen LogP contribution in [0.15, 0.2) is 47.5 Å². The zero-order valence-electron chi connectivity index (χ0n) is 10.2. The Hall–Kier alpha value is -2.69. The number of pyridine rings is 1. The van der Waals surface area contributed by atoms with E-state index in [0.29, 0.717) is 16.7 Å². The highest BCUT2D eigenvalue weighted by molar-refractivity contribution is 5.77. The van der Waals surface area contributed by atoms with Gasteiger partial charge in [-0.05, 0) is 24.3 Å². The van der Waals surface area contributed by atoms with Crippen LogP contribution in [0.5, 0.6) is 5.75 Å². The second-order valence-corrected chi connectivity index (χ2v) is 4.28. The minimum Gasteiger partial charge on any atom is -0.508 e. The number of benzene rings is 1. The van der Waals surface area contributed by atoms with Crippen molar-refractivity contribution in [3.8, 4) is 17.0 Å². The van der Waals surface area contributed by atoms with Crippen molar-refractivity contribution >= 4 is 11.0 Å². The molecule has 5 nitrogen and oxygen atoms in total. The molecule has 1 aromatic carbocycles. The maximum Gasteiger partial charge on any atom is 0.279 e.